The number of nitrogens with zero attached hydrogens (tertiary/aromatic N) is 2. The maximum absolute atomic E-state index is 14.4. The molecule has 0 bridgehead atoms. The number of aromatic nitrogens is 2. The lowest BCUT2D eigenvalue weighted by Gasteiger charge is -2.33. The van der Waals surface area contributed by atoms with Crippen molar-refractivity contribution in [3.05, 3.63) is 68.0 Å². The van der Waals surface area contributed by atoms with Gasteiger partial charge in [0.15, 0.2) is 4.47 Å². The predicted molar refractivity (Wildman–Crippen MR) is 125 cm³/mol. The summed E-state index contributed by atoms with van der Waals surface area (Å²) in [6.07, 6.45) is -3.62. The molecule has 1 aromatic carbocycles. The Labute approximate surface area is 207 Å². The number of benzene rings is 1. The van der Waals surface area contributed by atoms with E-state index in [2.05, 4.69) is 15.3 Å². The normalized spacial score (nSPS) is 14.1. The van der Waals surface area contributed by atoms with E-state index in [4.69, 9.17) is 28.9 Å². The summed E-state index contributed by atoms with van der Waals surface area (Å²) in [6, 6.07) is 6.53. The first kappa shape index (κ1) is 26.3. The molecule has 0 aliphatic rings. The molecule has 0 fully saturated rings. The highest BCUT2D eigenvalue weighted by atomic mass is 35.5. The van der Waals surface area contributed by atoms with E-state index >= 15 is 0 Å². The number of thiazole rings is 1. The Kier molecular flexibility index (Phi) is 7.29. The molecule has 2 aromatic heterocycles. The maximum Gasteiger partial charge on any atom is 0.401 e. The van der Waals surface area contributed by atoms with Crippen molar-refractivity contribution in [1.82, 2.24) is 15.3 Å². The Bertz CT molecular complexity index is 1230. The van der Waals surface area contributed by atoms with Gasteiger partial charge in [-0.05, 0) is 56.7 Å². The summed E-state index contributed by atoms with van der Waals surface area (Å²) in [5.74, 6) is -1.42. The van der Waals surface area contributed by atoms with Crippen molar-refractivity contribution in [2.45, 2.75) is 37.9 Å². The van der Waals surface area contributed by atoms with Crippen molar-refractivity contribution in [2.75, 3.05) is 6.54 Å². The molecule has 1 amide bonds. The van der Waals surface area contributed by atoms with E-state index in [0.29, 0.717) is 11.1 Å². The fourth-order valence-electron chi connectivity index (χ4n) is 3.03. The van der Waals surface area contributed by atoms with Crippen molar-refractivity contribution in [1.29, 1.82) is 0 Å². The molecule has 0 radical (unpaired) electrons. The summed E-state index contributed by atoms with van der Waals surface area (Å²) in [4.78, 5) is 20.4. The molecule has 0 spiro atoms. The molecular formula is C22H20Cl2F4N4OS. The molecule has 0 aliphatic carbocycles. The number of hydrogen-bond acceptors (Lipinski definition) is 5. The van der Waals surface area contributed by atoms with E-state index in [9.17, 15) is 22.4 Å². The molecular weight excluding hydrogens is 515 g/mol. The number of amides is 1. The minimum Gasteiger partial charge on any atom is -0.350 e. The third kappa shape index (κ3) is 5.51. The lowest BCUT2D eigenvalue weighted by molar-refractivity contribution is -0.184. The van der Waals surface area contributed by atoms with Gasteiger partial charge in [-0.25, -0.2) is 9.37 Å². The quantitative estimate of drug-likeness (QED) is 0.374. The van der Waals surface area contributed by atoms with E-state index in [1.807, 2.05) is 0 Å². The van der Waals surface area contributed by atoms with Crippen LogP contribution in [0.1, 0.15) is 41.7 Å². The van der Waals surface area contributed by atoms with Crippen LogP contribution >= 0.6 is 34.5 Å². The van der Waals surface area contributed by atoms with Gasteiger partial charge in [-0.3, -0.25) is 9.78 Å². The van der Waals surface area contributed by atoms with Gasteiger partial charge in [0.1, 0.15) is 16.1 Å². The molecule has 1 atom stereocenters. The smallest absolute Gasteiger partial charge is 0.350 e. The fraction of sp³-hybridized carbons (Fsp3) is 0.318. The predicted octanol–water partition coefficient (Wildman–Crippen LogP) is 6.09. The molecule has 12 heteroatoms. The molecule has 5 nitrogen and oxygen atoms in total. The summed E-state index contributed by atoms with van der Waals surface area (Å²) < 4.78 is 56.9. The standard InChI is InChI=1S/C22H20Cl2F4N4OS/c1-20(2,29)12-7-15(11-4-5-14(25)13(23)6-11)32-17(8-12)21(3,22(26,27)28)10-31-18(33)16-9-30-19(24)34-16/h4-9H,10,29H2,1-3H3,(H,31,33). The number of nitrogens with two attached hydrogens (primary N) is 1. The van der Waals surface area contributed by atoms with E-state index in [-0.39, 0.29) is 25.8 Å². The minimum absolute atomic E-state index is 0.0703. The third-order valence-electron chi connectivity index (χ3n) is 5.28. The number of halogens is 6. The largest absolute Gasteiger partial charge is 0.401 e. The van der Waals surface area contributed by atoms with E-state index < -0.39 is 35.4 Å². The third-order valence-corrected chi connectivity index (χ3v) is 6.68. The number of pyridine rings is 1. The molecule has 3 N–H and O–H groups in total. The zero-order chi connectivity index (χ0) is 25.5. The van der Waals surface area contributed by atoms with Gasteiger partial charge in [0.2, 0.25) is 0 Å². The second kappa shape index (κ2) is 9.41. The van der Waals surface area contributed by atoms with Crippen LogP contribution in [0.2, 0.25) is 9.49 Å². The SMILES string of the molecule is CC(C)(N)c1cc(-c2ccc(F)c(Cl)c2)nc(C(C)(CNC(=O)c2cnc(Cl)s2)C(F)(F)F)c1. The molecule has 182 valence electrons. The molecule has 0 saturated heterocycles. The highest BCUT2D eigenvalue weighted by Crippen LogP contribution is 2.41. The van der Waals surface area contributed by atoms with Gasteiger partial charge in [0.25, 0.3) is 5.91 Å². The summed E-state index contributed by atoms with van der Waals surface area (Å²) in [7, 11) is 0. The van der Waals surface area contributed by atoms with Crippen molar-refractivity contribution in [3.63, 3.8) is 0 Å². The molecule has 1 unspecified atom stereocenters. The van der Waals surface area contributed by atoms with Gasteiger partial charge in [0.05, 0.1) is 22.6 Å². The Hall–Kier alpha value is -2.27. The highest BCUT2D eigenvalue weighted by Gasteiger charge is 2.54. The zero-order valence-electron chi connectivity index (χ0n) is 18.2. The van der Waals surface area contributed by atoms with Crippen molar-refractivity contribution >= 4 is 40.4 Å². The first-order chi connectivity index (χ1) is 15.6. The van der Waals surface area contributed by atoms with Crippen molar-refractivity contribution < 1.29 is 22.4 Å². The number of alkyl halides is 3. The van der Waals surface area contributed by atoms with Gasteiger partial charge in [-0.15, -0.1) is 0 Å². The van der Waals surface area contributed by atoms with E-state index in [1.165, 1.54) is 30.5 Å². The van der Waals surface area contributed by atoms with Crippen LogP contribution in [0.15, 0.2) is 36.5 Å². The lowest BCUT2D eigenvalue weighted by Crippen LogP contribution is -2.49. The molecule has 3 rings (SSSR count). The summed E-state index contributed by atoms with van der Waals surface area (Å²) >= 11 is 12.4. The van der Waals surface area contributed by atoms with Crippen molar-refractivity contribution in [2.24, 2.45) is 5.73 Å². The minimum atomic E-state index is -4.80. The first-order valence-electron chi connectivity index (χ1n) is 9.85. The average molecular weight is 535 g/mol. The highest BCUT2D eigenvalue weighted by molar-refractivity contribution is 7.17. The van der Waals surface area contributed by atoms with Gasteiger partial charge < -0.3 is 11.1 Å². The van der Waals surface area contributed by atoms with E-state index in [1.54, 1.807) is 13.8 Å². The van der Waals surface area contributed by atoms with Gasteiger partial charge in [-0.2, -0.15) is 13.2 Å². The second-order valence-corrected chi connectivity index (χ2v) is 10.5. The van der Waals surface area contributed by atoms with Crippen LogP contribution in [0.3, 0.4) is 0 Å². The van der Waals surface area contributed by atoms with Gasteiger partial charge >= 0.3 is 6.18 Å². The monoisotopic (exact) mass is 534 g/mol. The van der Waals surface area contributed by atoms with Crippen LogP contribution in [0.4, 0.5) is 17.6 Å². The van der Waals surface area contributed by atoms with Crippen LogP contribution in [0.25, 0.3) is 11.3 Å². The van der Waals surface area contributed by atoms with Crippen LogP contribution in [-0.4, -0.2) is 28.6 Å². The number of carbonyl (C=O) groups is 1. The molecule has 3 aromatic rings. The van der Waals surface area contributed by atoms with Crippen LogP contribution in [-0.2, 0) is 11.0 Å². The van der Waals surface area contributed by atoms with Crippen LogP contribution in [0.5, 0.6) is 0 Å². The molecule has 0 aliphatic heterocycles. The molecule has 34 heavy (non-hydrogen) atoms. The number of rotatable bonds is 6. The number of nitrogens with one attached hydrogen (secondary N) is 1. The van der Waals surface area contributed by atoms with Crippen LogP contribution < -0.4 is 11.1 Å². The van der Waals surface area contributed by atoms with Gasteiger partial charge in [-0.1, -0.05) is 34.5 Å². The van der Waals surface area contributed by atoms with E-state index in [0.717, 1.165) is 24.3 Å². The zero-order valence-corrected chi connectivity index (χ0v) is 20.6. The Morgan fingerprint density at radius 1 is 1.15 bits per heavy atom. The first-order valence-corrected chi connectivity index (χ1v) is 11.4. The molecule has 2 heterocycles. The molecule has 0 saturated carbocycles. The second-order valence-electron chi connectivity index (χ2n) is 8.47. The summed E-state index contributed by atoms with van der Waals surface area (Å²) in [5.41, 5.74) is 3.03. The maximum atomic E-state index is 14.4. The Morgan fingerprint density at radius 2 is 1.82 bits per heavy atom. The van der Waals surface area contributed by atoms with Crippen molar-refractivity contribution in [3.8, 4) is 11.3 Å². The fourth-order valence-corrected chi connectivity index (χ4v) is 4.06. The number of carbonyl (C=O) groups excluding carboxylic acids is 1. The Morgan fingerprint density at radius 3 is 2.35 bits per heavy atom. The van der Waals surface area contributed by atoms with Crippen LogP contribution in [0, 0.1) is 5.82 Å². The average Bonchev–Trinajstić information content (AvgIpc) is 3.18. The summed E-state index contributed by atoms with van der Waals surface area (Å²) in [6.45, 7) is 3.39. The topological polar surface area (TPSA) is 80.9 Å². The number of hydrogen-bond donors (Lipinski definition) is 2. The lowest BCUT2D eigenvalue weighted by atomic mass is 9.82. The summed E-state index contributed by atoms with van der Waals surface area (Å²) in [5, 5.41) is 2.10. The van der Waals surface area contributed by atoms with Gasteiger partial charge in [0, 0.05) is 17.6 Å². The Balaban J connectivity index is 2.10.